The largest absolute Gasteiger partial charge is 0.422 e. The van der Waals surface area contributed by atoms with Crippen LogP contribution in [0.15, 0.2) is 42.5 Å². The van der Waals surface area contributed by atoms with E-state index in [1.807, 2.05) is 6.92 Å². The summed E-state index contributed by atoms with van der Waals surface area (Å²) < 4.78 is 5.48. The Balaban J connectivity index is 1.59. The fourth-order valence-corrected chi connectivity index (χ4v) is 4.58. The van der Waals surface area contributed by atoms with Gasteiger partial charge in [0.05, 0.1) is 28.7 Å². The van der Waals surface area contributed by atoms with Gasteiger partial charge in [-0.3, -0.25) is 19.3 Å². The number of rotatable bonds is 4. The number of anilines is 1. The highest BCUT2D eigenvalue weighted by molar-refractivity contribution is 6.22. The number of Topliss-reactive ketones (excluding diaryl/α,β-unsaturated/α-hetero) is 1. The Morgan fingerprint density at radius 3 is 2.48 bits per heavy atom. The summed E-state index contributed by atoms with van der Waals surface area (Å²) in [4.78, 5) is 51.8. The summed E-state index contributed by atoms with van der Waals surface area (Å²) in [5, 5.41) is 0. The second-order valence-electron chi connectivity index (χ2n) is 8.64. The number of fused-ring (bicyclic) bond motifs is 1. The van der Waals surface area contributed by atoms with E-state index in [-0.39, 0.29) is 40.7 Å². The van der Waals surface area contributed by atoms with E-state index in [0.29, 0.717) is 23.6 Å². The maximum Gasteiger partial charge on any atom is 0.343 e. The summed E-state index contributed by atoms with van der Waals surface area (Å²) >= 11 is 0. The van der Waals surface area contributed by atoms with Crippen LogP contribution in [0.3, 0.4) is 0 Å². The molecular formula is C25H25NO5. The zero-order valence-electron chi connectivity index (χ0n) is 17.9. The van der Waals surface area contributed by atoms with Crippen molar-refractivity contribution in [3.8, 4) is 5.75 Å². The molecule has 0 spiro atoms. The summed E-state index contributed by atoms with van der Waals surface area (Å²) in [6.45, 7) is 5.37. The van der Waals surface area contributed by atoms with Crippen molar-refractivity contribution in [1.29, 1.82) is 0 Å². The van der Waals surface area contributed by atoms with Crippen LogP contribution in [-0.4, -0.2) is 23.6 Å². The van der Waals surface area contributed by atoms with Gasteiger partial charge in [0.25, 0.3) is 0 Å². The van der Waals surface area contributed by atoms with E-state index in [1.54, 1.807) is 36.4 Å². The maximum atomic E-state index is 13.0. The van der Waals surface area contributed by atoms with Crippen LogP contribution < -0.4 is 9.64 Å². The van der Waals surface area contributed by atoms with Crippen molar-refractivity contribution >= 4 is 29.3 Å². The van der Waals surface area contributed by atoms with Gasteiger partial charge in [-0.05, 0) is 69.4 Å². The van der Waals surface area contributed by atoms with Crippen LogP contribution in [-0.2, 0) is 9.59 Å². The minimum absolute atomic E-state index is 0.182. The Labute approximate surface area is 181 Å². The zero-order chi connectivity index (χ0) is 22.3. The third-order valence-electron chi connectivity index (χ3n) is 6.24. The molecule has 3 atom stereocenters. The fraction of sp³-hybridized carbons (Fsp3) is 0.360. The lowest BCUT2D eigenvalue weighted by Crippen LogP contribution is -2.31. The molecule has 1 aliphatic heterocycles. The molecule has 6 heteroatoms. The van der Waals surface area contributed by atoms with Gasteiger partial charge in [0.15, 0.2) is 5.78 Å². The molecule has 0 bridgehead atoms. The van der Waals surface area contributed by atoms with Crippen LogP contribution in [0.5, 0.6) is 5.75 Å². The van der Waals surface area contributed by atoms with Gasteiger partial charge in [-0.2, -0.15) is 0 Å². The Morgan fingerprint density at radius 2 is 1.74 bits per heavy atom. The second-order valence-corrected chi connectivity index (χ2v) is 8.64. The molecule has 4 rings (SSSR count). The first-order valence-electron chi connectivity index (χ1n) is 10.6. The molecule has 0 unspecified atom stereocenters. The molecule has 1 heterocycles. The number of carbonyl (C=O) groups excluding carboxylic acids is 4. The third kappa shape index (κ3) is 3.90. The molecule has 1 saturated carbocycles. The standard InChI is InChI=1S/C25H25NO5/c1-14-7-9-19-21(12-14)24(29)26(23(19)28)18-6-4-5-17(13-18)25(30)31-22-10-8-15(2)11-20(22)16(3)27/h4-6,8,10-11,13-14,19,21H,7,9,12H2,1-3H3/t14-,19-,21-/m0/s1. The number of amides is 2. The number of benzene rings is 2. The Kier molecular flexibility index (Phi) is 5.48. The van der Waals surface area contributed by atoms with Crippen molar-refractivity contribution in [3.05, 3.63) is 59.2 Å². The van der Waals surface area contributed by atoms with E-state index in [9.17, 15) is 19.2 Å². The molecule has 2 amide bonds. The molecule has 2 fully saturated rings. The van der Waals surface area contributed by atoms with Gasteiger partial charge in [0.2, 0.25) is 11.8 Å². The number of ether oxygens (including phenoxy) is 1. The Bertz CT molecular complexity index is 1090. The molecule has 6 nitrogen and oxygen atoms in total. The molecule has 0 aromatic heterocycles. The van der Waals surface area contributed by atoms with E-state index in [4.69, 9.17) is 4.74 Å². The summed E-state index contributed by atoms with van der Waals surface area (Å²) in [5.41, 5.74) is 1.79. The third-order valence-corrected chi connectivity index (χ3v) is 6.24. The maximum absolute atomic E-state index is 13.0. The number of hydrogen-bond donors (Lipinski definition) is 0. The van der Waals surface area contributed by atoms with E-state index in [0.717, 1.165) is 18.4 Å². The minimum atomic E-state index is -0.654. The number of carbonyl (C=O) groups is 4. The highest BCUT2D eigenvalue weighted by Gasteiger charge is 2.50. The number of hydrogen-bond acceptors (Lipinski definition) is 5. The SMILES string of the molecule is CC(=O)c1cc(C)ccc1OC(=O)c1cccc(N2C(=O)[C@H]3CC[C@H](C)C[C@@H]3C2=O)c1. The Morgan fingerprint density at radius 1 is 1.00 bits per heavy atom. The van der Waals surface area contributed by atoms with Crippen LogP contribution in [0.1, 0.15) is 59.4 Å². The highest BCUT2D eigenvalue weighted by atomic mass is 16.5. The number of ketones is 1. The van der Waals surface area contributed by atoms with E-state index in [2.05, 4.69) is 6.92 Å². The molecule has 0 radical (unpaired) electrons. The fourth-order valence-electron chi connectivity index (χ4n) is 4.58. The molecule has 31 heavy (non-hydrogen) atoms. The normalized spacial score (nSPS) is 22.9. The molecule has 0 N–H and O–H groups in total. The van der Waals surface area contributed by atoms with E-state index in [1.165, 1.54) is 17.9 Å². The molecular weight excluding hydrogens is 394 g/mol. The lowest BCUT2D eigenvalue weighted by atomic mass is 9.76. The van der Waals surface area contributed by atoms with Crippen LogP contribution in [0.4, 0.5) is 5.69 Å². The first-order chi connectivity index (χ1) is 14.8. The van der Waals surface area contributed by atoms with E-state index < -0.39 is 5.97 Å². The number of nitrogens with zero attached hydrogens (tertiary/aromatic N) is 1. The van der Waals surface area contributed by atoms with Gasteiger partial charge >= 0.3 is 5.97 Å². The minimum Gasteiger partial charge on any atom is -0.422 e. The smallest absolute Gasteiger partial charge is 0.343 e. The summed E-state index contributed by atoms with van der Waals surface area (Å²) in [6.07, 6.45) is 2.38. The van der Waals surface area contributed by atoms with Crippen molar-refractivity contribution < 1.29 is 23.9 Å². The average molecular weight is 419 g/mol. The molecule has 2 aliphatic rings. The van der Waals surface area contributed by atoms with Gasteiger partial charge in [-0.15, -0.1) is 0 Å². The lowest BCUT2D eigenvalue weighted by Gasteiger charge is -2.25. The van der Waals surface area contributed by atoms with Crippen LogP contribution in [0.2, 0.25) is 0 Å². The van der Waals surface area contributed by atoms with E-state index >= 15 is 0 Å². The van der Waals surface area contributed by atoms with Gasteiger partial charge in [0.1, 0.15) is 5.75 Å². The van der Waals surface area contributed by atoms with Crippen molar-refractivity contribution in [2.24, 2.45) is 17.8 Å². The summed E-state index contributed by atoms with van der Waals surface area (Å²) in [7, 11) is 0. The summed E-state index contributed by atoms with van der Waals surface area (Å²) in [6, 6.07) is 11.4. The molecule has 2 aromatic carbocycles. The predicted octanol–water partition coefficient (Wildman–Crippen LogP) is 4.34. The zero-order valence-corrected chi connectivity index (χ0v) is 17.9. The van der Waals surface area contributed by atoms with Crippen LogP contribution >= 0.6 is 0 Å². The van der Waals surface area contributed by atoms with Gasteiger partial charge < -0.3 is 4.74 Å². The van der Waals surface area contributed by atoms with Crippen LogP contribution in [0, 0.1) is 24.7 Å². The number of imide groups is 1. The van der Waals surface area contributed by atoms with Crippen molar-refractivity contribution in [3.63, 3.8) is 0 Å². The molecule has 1 saturated heterocycles. The average Bonchev–Trinajstić information content (AvgIpc) is 2.98. The second kappa shape index (κ2) is 8.10. The summed E-state index contributed by atoms with van der Waals surface area (Å²) in [5.74, 6) is -1.19. The van der Waals surface area contributed by atoms with Gasteiger partial charge in [0, 0.05) is 0 Å². The topological polar surface area (TPSA) is 80.8 Å². The number of esters is 1. The molecule has 1 aliphatic carbocycles. The van der Waals surface area contributed by atoms with Gasteiger partial charge in [-0.1, -0.05) is 24.6 Å². The molecule has 2 aromatic rings. The van der Waals surface area contributed by atoms with Crippen molar-refractivity contribution in [2.45, 2.75) is 40.0 Å². The lowest BCUT2D eigenvalue weighted by molar-refractivity contribution is -0.122. The monoisotopic (exact) mass is 419 g/mol. The quantitative estimate of drug-likeness (QED) is 0.319. The van der Waals surface area contributed by atoms with Crippen LogP contribution in [0.25, 0.3) is 0 Å². The molecule has 160 valence electrons. The number of aryl methyl sites for hydroxylation is 1. The van der Waals surface area contributed by atoms with Crippen molar-refractivity contribution in [2.75, 3.05) is 4.90 Å². The first-order valence-corrected chi connectivity index (χ1v) is 10.6. The highest BCUT2D eigenvalue weighted by Crippen LogP contribution is 2.42. The van der Waals surface area contributed by atoms with Crippen molar-refractivity contribution in [1.82, 2.24) is 0 Å². The van der Waals surface area contributed by atoms with Gasteiger partial charge in [-0.25, -0.2) is 4.79 Å². The first kappa shape index (κ1) is 21.0. The predicted molar refractivity (Wildman–Crippen MR) is 115 cm³/mol. The Hall–Kier alpha value is -3.28.